The van der Waals surface area contributed by atoms with Gasteiger partial charge in [-0.1, -0.05) is 0 Å². The third-order valence-corrected chi connectivity index (χ3v) is 5.57. The first-order valence-corrected chi connectivity index (χ1v) is 10.1. The summed E-state index contributed by atoms with van der Waals surface area (Å²) in [5.41, 5.74) is 1.86. The third kappa shape index (κ3) is 4.64. The van der Waals surface area contributed by atoms with E-state index in [-0.39, 0.29) is 24.3 Å². The van der Waals surface area contributed by atoms with Crippen LogP contribution in [-0.4, -0.2) is 77.4 Å². The Morgan fingerprint density at radius 2 is 1.97 bits per heavy atom. The molecule has 2 aromatic rings. The number of carbonyl (C=O) groups excluding carboxylic acids is 2. The first-order chi connectivity index (χ1) is 14.0. The Hall–Kier alpha value is -2.75. The lowest BCUT2D eigenvalue weighted by atomic mass is 10.1. The number of H-pyrrole nitrogens is 1. The molecule has 2 aliphatic heterocycles. The van der Waals surface area contributed by atoms with Crippen LogP contribution in [0.1, 0.15) is 42.3 Å². The predicted octanol–water partition coefficient (Wildman–Crippen LogP) is -0.190. The summed E-state index contributed by atoms with van der Waals surface area (Å²) in [6.07, 6.45) is 2.22. The van der Waals surface area contributed by atoms with Gasteiger partial charge in [0.05, 0.1) is 37.0 Å². The molecular formula is C19H27N7O3. The number of aliphatic hydroxyl groups excluding tert-OH is 1. The van der Waals surface area contributed by atoms with Gasteiger partial charge in [-0.25, -0.2) is 4.98 Å². The van der Waals surface area contributed by atoms with Gasteiger partial charge in [0.2, 0.25) is 11.8 Å². The van der Waals surface area contributed by atoms with E-state index >= 15 is 0 Å². The van der Waals surface area contributed by atoms with E-state index in [0.29, 0.717) is 70.1 Å². The van der Waals surface area contributed by atoms with Gasteiger partial charge in [0.15, 0.2) is 5.82 Å². The highest BCUT2D eigenvalue weighted by molar-refractivity contribution is 5.78. The molecule has 0 spiro atoms. The minimum Gasteiger partial charge on any atom is -0.393 e. The van der Waals surface area contributed by atoms with Gasteiger partial charge in [-0.05, 0) is 25.8 Å². The Balaban J connectivity index is 1.30. The molecule has 0 aromatic carbocycles. The first kappa shape index (κ1) is 19.6. The minimum atomic E-state index is -0.280. The third-order valence-electron chi connectivity index (χ3n) is 5.57. The summed E-state index contributed by atoms with van der Waals surface area (Å²) < 4.78 is 1.93. The Morgan fingerprint density at radius 3 is 2.69 bits per heavy atom. The summed E-state index contributed by atoms with van der Waals surface area (Å²) in [7, 11) is 0. The zero-order valence-electron chi connectivity index (χ0n) is 16.7. The van der Waals surface area contributed by atoms with Crippen molar-refractivity contribution in [1.82, 2.24) is 34.8 Å². The number of rotatable bonds is 5. The topological polar surface area (TPSA) is 120 Å². The van der Waals surface area contributed by atoms with Crippen molar-refractivity contribution in [1.29, 1.82) is 0 Å². The van der Waals surface area contributed by atoms with Crippen molar-refractivity contribution in [3.63, 3.8) is 0 Å². The molecule has 1 fully saturated rings. The average Bonchev–Trinajstić information content (AvgIpc) is 3.31. The predicted molar refractivity (Wildman–Crippen MR) is 103 cm³/mol. The SMILES string of the molecule is Cc1nc(CC(=O)N2CCn3nc(CCC(=O)N4CCC(O)CC4)cc3C2)n[nH]1. The van der Waals surface area contributed by atoms with Gasteiger partial charge >= 0.3 is 0 Å². The molecule has 0 saturated carbocycles. The molecular weight excluding hydrogens is 374 g/mol. The maximum atomic E-state index is 12.5. The second-order valence-corrected chi connectivity index (χ2v) is 7.79. The zero-order chi connectivity index (χ0) is 20.4. The van der Waals surface area contributed by atoms with E-state index in [1.54, 1.807) is 11.8 Å². The van der Waals surface area contributed by atoms with Gasteiger partial charge in [-0.15, -0.1) is 0 Å². The van der Waals surface area contributed by atoms with E-state index < -0.39 is 0 Å². The van der Waals surface area contributed by atoms with Crippen LogP contribution in [0.5, 0.6) is 0 Å². The second kappa shape index (κ2) is 8.32. The van der Waals surface area contributed by atoms with Crippen LogP contribution in [0.15, 0.2) is 6.07 Å². The standard InChI is InChI=1S/C19H27N7O3/c1-13-20-17(22-21-13)11-19(29)25-8-9-26-15(12-25)10-14(23-26)2-3-18(28)24-6-4-16(27)5-7-24/h10,16,27H,2-9,11-12H2,1H3,(H,20,21,22). The molecule has 0 unspecified atom stereocenters. The van der Waals surface area contributed by atoms with Gasteiger partial charge in [-0.3, -0.25) is 19.4 Å². The molecule has 1 saturated heterocycles. The zero-order valence-corrected chi connectivity index (χ0v) is 16.7. The van der Waals surface area contributed by atoms with Crippen LogP contribution in [0.4, 0.5) is 0 Å². The Bertz CT molecular complexity index is 882. The maximum absolute atomic E-state index is 12.5. The number of nitrogens with zero attached hydrogens (tertiary/aromatic N) is 6. The average molecular weight is 401 g/mol. The molecule has 0 bridgehead atoms. The summed E-state index contributed by atoms with van der Waals surface area (Å²) in [4.78, 5) is 32.7. The van der Waals surface area contributed by atoms with Crippen LogP contribution in [0.25, 0.3) is 0 Å². The molecule has 10 heteroatoms. The summed E-state index contributed by atoms with van der Waals surface area (Å²) in [6, 6.07) is 1.99. The number of nitrogens with one attached hydrogen (secondary N) is 1. The number of likely N-dealkylation sites (tertiary alicyclic amines) is 1. The lowest BCUT2D eigenvalue weighted by Gasteiger charge is -2.29. The van der Waals surface area contributed by atoms with E-state index in [0.717, 1.165) is 11.4 Å². The lowest BCUT2D eigenvalue weighted by molar-refractivity contribution is -0.133. The Morgan fingerprint density at radius 1 is 1.17 bits per heavy atom. The monoisotopic (exact) mass is 401 g/mol. The number of aliphatic hydroxyl groups is 1. The molecule has 2 N–H and O–H groups in total. The number of aromatic amines is 1. The molecule has 156 valence electrons. The molecule has 2 amide bonds. The van der Waals surface area contributed by atoms with Gasteiger partial charge in [-0.2, -0.15) is 10.2 Å². The summed E-state index contributed by atoms with van der Waals surface area (Å²) >= 11 is 0. The number of hydrogen-bond acceptors (Lipinski definition) is 6. The number of piperidine rings is 1. The van der Waals surface area contributed by atoms with E-state index in [4.69, 9.17) is 0 Å². The highest BCUT2D eigenvalue weighted by atomic mass is 16.3. The molecule has 4 rings (SSSR count). The van der Waals surface area contributed by atoms with Crippen molar-refractivity contribution in [2.24, 2.45) is 0 Å². The highest BCUT2D eigenvalue weighted by Gasteiger charge is 2.24. The fourth-order valence-corrected chi connectivity index (χ4v) is 3.88. The Labute approximate surface area is 168 Å². The van der Waals surface area contributed by atoms with Crippen LogP contribution in [0.2, 0.25) is 0 Å². The number of hydrogen-bond donors (Lipinski definition) is 2. The summed E-state index contributed by atoms with van der Waals surface area (Å²) in [5, 5.41) is 21.0. The molecule has 29 heavy (non-hydrogen) atoms. The maximum Gasteiger partial charge on any atom is 0.230 e. The van der Waals surface area contributed by atoms with Crippen LogP contribution >= 0.6 is 0 Å². The van der Waals surface area contributed by atoms with E-state index in [2.05, 4.69) is 20.3 Å². The van der Waals surface area contributed by atoms with Crippen molar-refractivity contribution in [3.8, 4) is 0 Å². The van der Waals surface area contributed by atoms with Crippen LogP contribution < -0.4 is 0 Å². The molecule has 2 aliphatic rings. The number of aryl methyl sites for hydroxylation is 2. The van der Waals surface area contributed by atoms with Gasteiger partial charge < -0.3 is 14.9 Å². The van der Waals surface area contributed by atoms with E-state index in [1.807, 2.05) is 15.6 Å². The lowest BCUT2D eigenvalue weighted by Crippen LogP contribution is -2.40. The summed E-state index contributed by atoms with van der Waals surface area (Å²) in [6.45, 7) is 4.81. The minimum absolute atomic E-state index is 0.000429. The fourth-order valence-electron chi connectivity index (χ4n) is 3.88. The first-order valence-electron chi connectivity index (χ1n) is 10.1. The van der Waals surface area contributed by atoms with Crippen molar-refractivity contribution >= 4 is 11.8 Å². The molecule has 4 heterocycles. The van der Waals surface area contributed by atoms with Crippen molar-refractivity contribution in [2.75, 3.05) is 19.6 Å². The quantitative estimate of drug-likeness (QED) is 0.717. The van der Waals surface area contributed by atoms with Crippen LogP contribution in [-0.2, 0) is 35.5 Å². The number of aromatic nitrogens is 5. The molecule has 10 nitrogen and oxygen atoms in total. The van der Waals surface area contributed by atoms with Crippen molar-refractivity contribution in [2.45, 2.75) is 58.2 Å². The van der Waals surface area contributed by atoms with Crippen molar-refractivity contribution < 1.29 is 14.7 Å². The number of carbonyl (C=O) groups is 2. The Kier molecular flexibility index (Phi) is 5.61. The second-order valence-electron chi connectivity index (χ2n) is 7.79. The molecule has 0 atom stereocenters. The van der Waals surface area contributed by atoms with Crippen LogP contribution in [0.3, 0.4) is 0 Å². The normalized spacial score (nSPS) is 17.4. The molecule has 2 aromatic heterocycles. The smallest absolute Gasteiger partial charge is 0.230 e. The number of amides is 2. The van der Waals surface area contributed by atoms with Crippen molar-refractivity contribution in [3.05, 3.63) is 29.1 Å². The summed E-state index contributed by atoms with van der Waals surface area (Å²) in [5.74, 6) is 1.32. The largest absolute Gasteiger partial charge is 0.393 e. The van der Waals surface area contributed by atoms with E-state index in [1.165, 1.54) is 0 Å². The fraction of sp³-hybridized carbons (Fsp3) is 0.632. The van der Waals surface area contributed by atoms with Gasteiger partial charge in [0, 0.05) is 32.5 Å². The van der Waals surface area contributed by atoms with Crippen LogP contribution in [0, 0.1) is 6.92 Å². The number of fused-ring (bicyclic) bond motifs is 1. The van der Waals surface area contributed by atoms with E-state index in [9.17, 15) is 14.7 Å². The highest BCUT2D eigenvalue weighted by Crippen LogP contribution is 2.17. The van der Waals surface area contributed by atoms with Gasteiger partial charge in [0.25, 0.3) is 0 Å². The molecule has 0 radical (unpaired) electrons. The van der Waals surface area contributed by atoms with Gasteiger partial charge in [0.1, 0.15) is 5.82 Å². The molecule has 0 aliphatic carbocycles.